The molecule has 0 atom stereocenters. The SMILES string of the molecule is Cn1c2ccccc2c(=O)c2cccc(CN3CCOCCOCCOCCOCCOCC3)c21. The van der Waals surface area contributed by atoms with E-state index in [1.165, 1.54) is 0 Å². The predicted octanol–water partition coefficient (Wildman–Crippen LogP) is 2.59. The Morgan fingerprint density at radius 3 is 1.77 bits per heavy atom. The molecule has 0 bridgehead atoms. The Balaban J connectivity index is 1.49. The lowest BCUT2D eigenvalue weighted by Gasteiger charge is -2.24. The van der Waals surface area contributed by atoms with Crippen LogP contribution in [0.4, 0.5) is 0 Å². The highest BCUT2D eigenvalue weighted by atomic mass is 16.6. The second-order valence-electron chi connectivity index (χ2n) is 8.56. The molecule has 1 aliphatic heterocycles. The highest BCUT2D eigenvalue weighted by molar-refractivity contribution is 5.94. The first-order valence-electron chi connectivity index (χ1n) is 12.4. The van der Waals surface area contributed by atoms with Gasteiger partial charge in [0.1, 0.15) is 0 Å². The first-order valence-corrected chi connectivity index (χ1v) is 12.4. The molecule has 1 aliphatic rings. The van der Waals surface area contributed by atoms with E-state index in [0.717, 1.165) is 40.5 Å². The Bertz CT molecular complexity index is 1110. The number of rotatable bonds is 2. The number of pyridine rings is 1. The summed E-state index contributed by atoms with van der Waals surface area (Å²) in [5.41, 5.74) is 3.10. The third-order valence-corrected chi connectivity index (χ3v) is 6.20. The maximum absolute atomic E-state index is 13.2. The van der Waals surface area contributed by atoms with E-state index < -0.39 is 0 Å². The zero-order valence-electron chi connectivity index (χ0n) is 20.6. The third kappa shape index (κ3) is 7.10. The van der Waals surface area contributed by atoms with Gasteiger partial charge in [0.25, 0.3) is 0 Å². The van der Waals surface area contributed by atoms with Crippen molar-refractivity contribution in [3.05, 3.63) is 58.3 Å². The average molecular weight is 485 g/mol. The molecule has 0 amide bonds. The van der Waals surface area contributed by atoms with Gasteiger partial charge in [-0.3, -0.25) is 9.69 Å². The summed E-state index contributed by atoms with van der Waals surface area (Å²) < 4.78 is 30.3. The summed E-state index contributed by atoms with van der Waals surface area (Å²) in [5, 5.41) is 1.49. The minimum absolute atomic E-state index is 0.0762. The lowest BCUT2D eigenvalue weighted by Crippen LogP contribution is -2.31. The van der Waals surface area contributed by atoms with E-state index in [-0.39, 0.29) is 5.43 Å². The molecule has 4 rings (SSSR count). The van der Waals surface area contributed by atoms with Crippen LogP contribution in [-0.4, -0.2) is 88.6 Å². The first kappa shape index (κ1) is 25.8. The van der Waals surface area contributed by atoms with Crippen molar-refractivity contribution in [1.29, 1.82) is 0 Å². The largest absolute Gasteiger partial charge is 0.378 e. The summed E-state index contributed by atoms with van der Waals surface area (Å²) in [7, 11) is 2.03. The zero-order chi connectivity index (χ0) is 24.3. The number of hydrogen-bond donors (Lipinski definition) is 0. The van der Waals surface area contributed by atoms with Crippen LogP contribution in [0.25, 0.3) is 21.8 Å². The van der Waals surface area contributed by atoms with E-state index in [1.807, 2.05) is 43.4 Å². The maximum atomic E-state index is 13.2. The standard InChI is InChI=1S/C27H36N2O6/c1-28-25-8-3-2-6-23(25)27(30)24-7-4-5-22(26(24)28)21-29-9-11-31-13-15-33-17-19-35-20-18-34-16-14-32-12-10-29/h2-8H,9-21H2,1H3. The highest BCUT2D eigenvalue weighted by Crippen LogP contribution is 2.22. The van der Waals surface area contributed by atoms with Crippen molar-refractivity contribution in [2.75, 3.05) is 79.2 Å². The van der Waals surface area contributed by atoms with E-state index in [1.54, 1.807) is 0 Å². The lowest BCUT2D eigenvalue weighted by molar-refractivity contribution is -0.0189. The van der Waals surface area contributed by atoms with Crippen molar-refractivity contribution in [3.8, 4) is 0 Å². The number of hydrogen-bond acceptors (Lipinski definition) is 7. The molecule has 8 heteroatoms. The topological polar surface area (TPSA) is 71.4 Å². The van der Waals surface area contributed by atoms with Crippen LogP contribution in [0.3, 0.4) is 0 Å². The van der Waals surface area contributed by atoms with Gasteiger partial charge in [-0.15, -0.1) is 0 Å². The smallest absolute Gasteiger partial charge is 0.197 e. The summed E-state index contributed by atoms with van der Waals surface area (Å²) in [4.78, 5) is 15.5. The predicted molar refractivity (Wildman–Crippen MR) is 136 cm³/mol. The Morgan fingerprint density at radius 1 is 0.657 bits per heavy atom. The van der Waals surface area contributed by atoms with Gasteiger partial charge < -0.3 is 28.3 Å². The molecule has 1 saturated heterocycles. The van der Waals surface area contributed by atoms with Crippen LogP contribution >= 0.6 is 0 Å². The molecule has 0 aliphatic carbocycles. The maximum Gasteiger partial charge on any atom is 0.197 e. The van der Waals surface area contributed by atoms with Crippen molar-refractivity contribution in [1.82, 2.24) is 9.47 Å². The van der Waals surface area contributed by atoms with Crippen molar-refractivity contribution in [2.24, 2.45) is 7.05 Å². The molecule has 0 saturated carbocycles. The van der Waals surface area contributed by atoms with Crippen LogP contribution in [0.2, 0.25) is 0 Å². The van der Waals surface area contributed by atoms with Gasteiger partial charge >= 0.3 is 0 Å². The Kier molecular flexibility index (Phi) is 10.1. The number of benzene rings is 2. The summed E-state index contributed by atoms with van der Waals surface area (Å²) in [5.74, 6) is 0. The minimum atomic E-state index is 0.0762. The van der Waals surface area contributed by atoms with Gasteiger partial charge in [0, 0.05) is 37.5 Å². The first-order chi connectivity index (χ1) is 17.3. The summed E-state index contributed by atoms with van der Waals surface area (Å²) in [6, 6.07) is 13.8. The van der Waals surface area contributed by atoms with Crippen molar-refractivity contribution in [2.45, 2.75) is 6.54 Å². The van der Waals surface area contributed by atoms with E-state index in [4.69, 9.17) is 23.7 Å². The molecule has 0 unspecified atom stereocenters. The van der Waals surface area contributed by atoms with Gasteiger partial charge in [0.2, 0.25) is 0 Å². The molecule has 3 aromatic rings. The highest BCUT2D eigenvalue weighted by Gasteiger charge is 2.14. The Labute approximate surface area is 206 Å². The van der Waals surface area contributed by atoms with Crippen molar-refractivity contribution < 1.29 is 23.7 Å². The molecule has 2 aromatic carbocycles. The van der Waals surface area contributed by atoms with Gasteiger partial charge in [0.15, 0.2) is 5.43 Å². The lowest BCUT2D eigenvalue weighted by atomic mass is 10.0. The molecule has 0 N–H and O–H groups in total. The average Bonchev–Trinajstić information content (AvgIpc) is 2.88. The fourth-order valence-electron chi connectivity index (χ4n) is 4.40. The van der Waals surface area contributed by atoms with E-state index in [0.29, 0.717) is 72.6 Å². The summed E-state index contributed by atoms with van der Waals surface area (Å²) in [6.07, 6.45) is 0. The van der Waals surface area contributed by atoms with Crippen LogP contribution in [0.1, 0.15) is 5.56 Å². The normalized spacial score (nSPS) is 18.9. The molecule has 190 valence electrons. The Hall–Kier alpha value is -2.33. The molecule has 2 heterocycles. The number of aryl methyl sites for hydroxylation is 1. The van der Waals surface area contributed by atoms with Gasteiger partial charge in [-0.1, -0.05) is 24.3 Å². The number of nitrogens with zero attached hydrogens (tertiary/aromatic N) is 2. The molecule has 8 nitrogen and oxygen atoms in total. The van der Waals surface area contributed by atoms with Crippen LogP contribution in [-0.2, 0) is 37.3 Å². The monoisotopic (exact) mass is 484 g/mol. The van der Waals surface area contributed by atoms with Gasteiger partial charge in [-0.25, -0.2) is 0 Å². The van der Waals surface area contributed by atoms with Crippen LogP contribution in [0, 0.1) is 0 Å². The zero-order valence-corrected chi connectivity index (χ0v) is 20.6. The number of ether oxygens (including phenoxy) is 5. The van der Waals surface area contributed by atoms with Gasteiger partial charge in [-0.05, 0) is 23.8 Å². The summed E-state index contributed by atoms with van der Waals surface area (Å²) in [6.45, 7) is 7.76. The van der Waals surface area contributed by atoms with Crippen LogP contribution in [0.5, 0.6) is 0 Å². The van der Waals surface area contributed by atoms with Gasteiger partial charge in [-0.2, -0.15) is 0 Å². The van der Waals surface area contributed by atoms with E-state index in [2.05, 4.69) is 15.5 Å². The van der Waals surface area contributed by atoms with E-state index >= 15 is 0 Å². The molecule has 0 radical (unpaired) electrons. The van der Waals surface area contributed by atoms with Crippen molar-refractivity contribution >= 4 is 21.8 Å². The molecular formula is C27H36N2O6. The van der Waals surface area contributed by atoms with E-state index in [9.17, 15) is 4.79 Å². The molecular weight excluding hydrogens is 448 g/mol. The van der Waals surface area contributed by atoms with Crippen LogP contribution < -0.4 is 5.43 Å². The fourth-order valence-corrected chi connectivity index (χ4v) is 4.40. The quantitative estimate of drug-likeness (QED) is 0.518. The molecule has 0 spiro atoms. The van der Waals surface area contributed by atoms with Crippen LogP contribution in [0.15, 0.2) is 47.3 Å². The molecule has 1 fully saturated rings. The second kappa shape index (κ2) is 13.7. The second-order valence-corrected chi connectivity index (χ2v) is 8.56. The summed E-state index contributed by atoms with van der Waals surface area (Å²) >= 11 is 0. The number of para-hydroxylation sites is 2. The fraction of sp³-hybridized carbons (Fsp3) is 0.519. The third-order valence-electron chi connectivity index (χ3n) is 6.20. The molecule has 35 heavy (non-hydrogen) atoms. The number of fused-ring (bicyclic) bond motifs is 2. The minimum Gasteiger partial charge on any atom is -0.378 e. The number of aromatic nitrogens is 1. The van der Waals surface area contributed by atoms with Crippen molar-refractivity contribution in [3.63, 3.8) is 0 Å². The Morgan fingerprint density at radius 2 is 1.17 bits per heavy atom. The molecule has 1 aromatic heterocycles. The van der Waals surface area contributed by atoms with Gasteiger partial charge in [0.05, 0.1) is 77.1 Å².